The van der Waals surface area contributed by atoms with E-state index < -0.39 is 0 Å². The molecular weight excluding hydrogens is 446 g/mol. The molecule has 0 radical (unpaired) electrons. The third-order valence-corrected chi connectivity index (χ3v) is 5.05. The summed E-state index contributed by atoms with van der Waals surface area (Å²) in [5, 5.41) is 8.04. The Morgan fingerprint density at radius 2 is 1.60 bits per heavy atom. The molecule has 0 atom stereocenters. The molecule has 2 aromatic carbocycles. The average molecular weight is 474 g/mol. The van der Waals surface area contributed by atoms with Crippen LogP contribution in [-0.2, 0) is 15.0 Å². The van der Waals surface area contributed by atoms with Gasteiger partial charge in [-0.1, -0.05) is 48.8 Å². The van der Waals surface area contributed by atoms with E-state index >= 15 is 0 Å². The monoisotopic (exact) mass is 473 g/mol. The average Bonchev–Trinajstić information content (AvgIpc) is 2.68. The van der Waals surface area contributed by atoms with Gasteiger partial charge in [-0.2, -0.15) is 0 Å². The van der Waals surface area contributed by atoms with Crippen LogP contribution in [0.5, 0.6) is 0 Å². The number of rotatable bonds is 7. The second-order valence-corrected chi connectivity index (χ2v) is 9.03. The summed E-state index contributed by atoms with van der Waals surface area (Å²) in [6.07, 6.45) is 0.0937. The van der Waals surface area contributed by atoms with Crippen molar-refractivity contribution in [3.05, 3.63) is 63.6 Å². The van der Waals surface area contributed by atoms with Crippen LogP contribution in [-0.4, -0.2) is 30.8 Å². The molecule has 160 valence electrons. The highest BCUT2D eigenvalue weighted by atomic mass is 79.9. The molecule has 0 aromatic heterocycles. The lowest BCUT2D eigenvalue weighted by Gasteiger charge is -2.19. The summed E-state index contributed by atoms with van der Waals surface area (Å²) in [4.78, 5) is 36.1. The molecule has 0 spiro atoms. The van der Waals surface area contributed by atoms with Crippen LogP contribution in [0.4, 0.5) is 5.69 Å². The van der Waals surface area contributed by atoms with Gasteiger partial charge in [0, 0.05) is 28.7 Å². The van der Waals surface area contributed by atoms with E-state index in [0.29, 0.717) is 11.3 Å². The number of nitrogens with one attached hydrogen (secondary N) is 3. The number of benzene rings is 2. The predicted molar refractivity (Wildman–Crippen MR) is 123 cm³/mol. The molecule has 2 aromatic rings. The largest absolute Gasteiger partial charge is 0.352 e. The van der Waals surface area contributed by atoms with Crippen LogP contribution in [0.3, 0.4) is 0 Å². The van der Waals surface area contributed by atoms with Crippen molar-refractivity contribution in [2.45, 2.75) is 39.5 Å². The Kier molecular flexibility index (Phi) is 8.17. The lowest BCUT2D eigenvalue weighted by Crippen LogP contribution is -2.35. The number of carbonyl (C=O) groups is 3. The zero-order chi connectivity index (χ0) is 22.3. The third-order valence-electron chi connectivity index (χ3n) is 4.56. The van der Waals surface area contributed by atoms with E-state index in [1.807, 2.05) is 31.2 Å². The van der Waals surface area contributed by atoms with Crippen molar-refractivity contribution in [2.24, 2.45) is 0 Å². The Hall–Kier alpha value is -2.67. The normalized spacial score (nSPS) is 11.0. The van der Waals surface area contributed by atoms with E-state index in [1.54, 1.807) is 18.2 Å². The first-order valence-corrected chi connectivity index (χ1v) is 10.6. The van der Waals surface area contributed by atoms with Gasteiger partial charge in [-0.25, -0.2) is 0 Å². The Labute approximate surface area is 186 Å². The molecule has 3 amide bonds. The lowest BCUT2D eigenvalue weighted by molar-refractivity contribution is -0.124. The molecule has 6 nitrogen and oxygen atoms in total. The fourth-order valence-corrected chi connectivity index (χ4v) is 3.22. The quantitative estimate of drug-likeness (QED) is 0.569. The predicted octanol–water partition coefficient (Wildman–Crippen LogP) is 3.93. The van der Waals surface area contributed by atoms with Crippen molar-refractivity contribution in [1.29, 1.82) is 0 Å². The highest BCUT2D eigenvalue weighted by molar-refractivity contribution is 9.10. The summed E-state index contributed by atoms with van der Waals surface area (Å²) in [5.41, 5.74) is 3.34. The van der Waals surface area contributed by atoms with Gasteiger partial charge in [-0.15, -0.1) is 0 Å². The minimum Gasteiger partial charge on any atom is -0.352 e. The smallest absolute Gasteiger partial charge is 0.251 e. The Morgan fingerprint density at radius 3 is 2.20 bits per heavy atom. The summed E-state index contributed by atoms with van der Waals surface area (Å²) in [5.74, 6) is -0.843. The maximum absolute atomic E-state index is 12.2. The summed E-state index contributed by atoms with van der Waals surface area (Å²) in [6, 6.07) is 13.0. The molecule has 0 saturated heterocycles. The van der Waals surface area contributed by atoms with Gasteiger partial charge in [0.1, 0.15) is 0 Å². The standard InChI is InChI=1S/C23H28BrN3O3/c1-15-13-18(24)9-10-19(15)27-21(29)14-26-20(28)11-12-25-22(30)16-5-7-17(8-6-16)23(2,3)4/h5-10,13H,11-12,14H2,1-4H3,(H,25,30)(H,26,28)(H,27,29). The van der Waals surface area contributed by atoms with E-state index in [0.717, 1.165) is 15.6 Å². The first-order chi connectivity index (χ1) is 14.1. The van der Waals surface area contributed by atoms with Crippen LogP contribution in [0.15, 0.2) is 46.9 Å². The minimum absolute atomic E-state index is 0.0233. The van der Waals surface area contributed by atoms with Crippen LogP contribution in [0.1, 0.15) is 48.7 Å². The molecule has 7 heteroatoms. The number of anilines is 1. The van der Waals surface area contributed by atoms with Crippen molar-refractivity contribution in [3.8, 4) is 0 Å². The number of carbonyl (C=O) groups excluding carboxylic acids is 3. The molecule has 0 aliphatic heterocycles. The number of hydrogen-bond acceptors (Lipinski definition) is 3. The maximum atomic E-state index is 12.2. The second-order valence-electron chi connectivity index (χ2n) is 8.12. The molecule has 2 rings (SSSR count). The van der Waals surface area contributed by atoms with E-state index in [1.165, 1.54) is 0 Å². The summed E-state index contributed by atoms with van der Waals surface area (Å²) in [6.45, 7) is 8.29. The van der Waals surface area contributed by atoms with Crippen LogP contribution in [0.25, 0.3) is 0 Å². The van der Waals surface area contributed by atoms with Crippen molar-refractivity contribution < 1.29 is 14.4 Å². The maximum Gasteiger partial charge on any atom is 0.251 e. The Bertz CT molecular complexity index is 918. The molecule has 0 bridgehead atoms. The third kappa shape index (κ3) is 7.30. The summed E-state index contributed by atoms with van der Waals surface area (Å²) in [7, 11) is 0. The minimum atomic E-state index is -0.309. The van der Waals surface area contributed by atoms with Gasteiger partial charge in [-0.05, 0) is 53.8 Å². The number of hydrogen-bond donors (Lipinski definition) is 3. The molecule has 0 aliphatic rings. The molecular formula is C23H28BrN3O3. The van der Waals surface area contributed by atoms with Gasteiger partial charge in [0.2, 0.25) is 11.8 Å². The molecule has 0 aliphatic carbocycles. The van der Waals surface area contributed by atoms with Crippen molar-refractivity contribution in [1.82, 2.24) is 10.6 Å². The highest BCUT2D eigenvalue weighted by Gasteiger charge is 2.14. The molecule has 0 fully saturated rings. The number of amides is 3. The topological polar surface area (TPSA) is 87.3 Å². The van der Waals surface area contributed by atoms with Crippen LogP contribution >= 0.6 is 15.9 Å². The molecule has 0 unspecified atom stereocenters. The SMILES string of the molecule is Cc1cc(Br)ccc1NC(=O)CNC(=O)CCNC(=O)c1ccc(C(C)(C)C)cc1. The van der Waals surface area contributed by atoms with Crippen LogP contribution < -0.4 is 16.0 Å². The van der Waals surface area contributed by atoms with Crippen LogP contribution in [0.2, 0.25) is 0 Å². The molecule has 0 heterocycles. The zero-order valence-electron chi connectivity index (χ0n) is 17.8. The van der Waals surface area contributed by atoms with E-state index in [-0.39, 0.29) is 42.6 Å². The van der Waals surface area contributed by atoms with Gasteiger partial charge in [0.25, 0.3) is 5.91 Å². The van der Waals surface area contributed by atoms with E-state index in [2.05, 4.69) is 52.7 Å². The van der Waals surface area contributed by atoms with E-state index in [9.17, 15) is 14.4 Å². The summed E-state index contributed by atoms with van der Waals surface area (Å²) >= 11 is 3.37. The van der Waals surface area contributed by atoms with Crippen LogP contribution in [0, 0.1) is 6.92 Å². The van der Waals surface area contributed by atoms with Gasteiger partial charge >= 0.3 is 0 Å². The first kappa shape index (κ1) is 23.6. The lowest BCUT2D eigenvalue weighted by atomic mass is 9.87. The molecule has 0 saturated carbocycles. The zero-order valence-corrected chi connectivity index (χ0v) is 19.4. The summed E-state index contributed by atoms with van der Waals surface area (Å²) < 4.78 is 0.929. The Balaban J connectivity index is 1.71. The van der Waals surface area contributed by atoms with Gasteiger partial charge in [0.15, 0.2) is 0 Å². The number of aryl methyl sites for hydroxylation is 1. The molecule has 30 heavy (non-hydrogen) atoms. The highest BCUT2D eigenvalue weighted by Crippen LogP contribution is 2.22. The van der Waals surface area contributed by atoms with Gasteiger partial charge < -0.3 is 16.0 Å². The second kappa shape index (κ2) is 10.4. The van der Waals surface area contributed by atoms with Crippen molar-refractivity contribution >= 4 is 39.3 Å². The van der Waals surface area contributed by atoms with Crippen molar-refractivity contribution in [3.63, 3.8) is 0 Å². The van der Waals surface area contributed by atoms with Gasteiger partial charge in [-0.3, -0.25) is 14.4 Å². The first-order valence-electron chi connectivity index (χ1n) is 9.77. The van der Waals surface area contributed by atoms with E-state index in [4.69, 9.17) is 0 Å². The van der Waals surface area contributed by atoms with Crippen molar-refractivity contribution in [2.75, 3.05) is 18.4 Å². The fourth-order valence-electron chi connectivity index (χ4n) is 2.74. The number of halogens is 1. The Morgan fingerprint density at radius 1 is 0.933 bits per heavy atom. The fraction of sp³-hybridized carbons (Fsp3) is 0.348. The van der Waals surface area contributed by atoms with Gasteiger partial charge in [0.05, 0.1) is 6.54 Å². The molecule has 3 N–H and O–H groups in total.